The van der Waals surface area contributed by atoms with E-state index in [0.29, 0.717) is 0 Å². The van der Waals surface area contributed by atoms with E-state index in [9.17, 15) is 18.5 Å². The quantitative estimate of drug-likeness (QED) is 0.445. The number of nitro benzene ring substituents is 1. The van der Waals surface area contributed by atoms with Gasteiger partial charge in [0, 0.05) is 6.07 Å². The van der Waals surface area contributed by atoms with Crippen molar-refractivity contribution in [1.29, 1.82) is 0 Å². The van der Waals surface area contributed by atoms with E-state index in [-0.39, 0.29) is 28.6 Å². The summed E-state index contributed by atoms with van der Waals surface area (Å²) in [4.78, 5) is 13.4. The second-order valence-corrected chi connectivity index (χ2v) is 5.42. The van der Waals surface area contributed by atoms with Gasteiger partial charge in [0.05, 0.1) is 16.4 Å². The van der Waals surface area contributed by atoms with Crippen LogP contribution in [0.5, 0.6) is 0 Å². The number of nitrogens with two attached hydrogens (primary N) is 1. The van der Waals surface area contributed by atoms with Crippen LogP contribution in [-0.4, -0.2) is 23.5 Å². The molecule has 0 radical (unpaired) electrons. The molecule has 0 unspecified atom stereocenters. The largest absolute Gasteiger partial charge is 0.393 e. The summed E-state index contributed by atoms with van der Waals surface area (Å²) in [5.74, 6) is 0.156. The Hall–Kier alpha value is -2.53. The number of rotatable bonds is 5. The van der Waals surface area contributed by atoms with Crippen molar-refractivity contribution >= 4 is 21.4 Å². The number of aromatic nitrogens is 2. The van der Waals surface area contributed by atoms with E-state index in [2.05, 4.69) is 19.4 Å². The topological polar surface area (TPSA) is 154 Å². The highest BCUT2D eigenvalue weighted by atomic mass is 32.2. The lowest BCUT2D eigenvalue weighted by atomic mass is 10.3. The van der Waals surface area contributed by atoms with Crippen molar-refractivity contribution in [3.8, 4) is 0 Å². The zero-order valence-electron chi connectivity index (χ0n) is 9.88. The van der Waals surface area contributed by atoms with E-state index in [4.69, 9.17) is 5.73 Å². The van der Waals surface area contributed by atoms with Crippen LogP contribution in [-0.2, 0) is 16.6 Å². The number of sulfonamides is 1. The Morgan fingerprint density at radius 2 is 2.20 bits per heavy atom. The van der Waals surface area contributed by atoms with E-state index in [1.807, 2.05) is 0 Å². The van der Waals surface area contributed by atoms with Gasteiger partial charge < -0.3 is 10.3 Å². The minimum Gasteiger partial charge on any atom is -0.393 e. The van der Waals surface area contributed by atoms with E-state index in [0.717, 1.165) is 24.6 Å². The van der Waals surface area contributed by atoms with E-state index >= 15 is 0 Å². The highest BCUT2D eigenvalue weighted by Crippen LogP contribution is 2.24. The van der Waals surface area contributed by atoms with Crippen LogP contribution in [0.4, 0.5) is 11.4 Å². The molecule has 0 aliphatic heterocycles. The van der Waals surface area contributed by atoms with Crippen molar-refractivity contribution in [2.75, 3.05) is 5.73 Å². The van der Waals surface area contributed by atoms with Crippen LogP contribution in [0.2, 0.25) is 0 Å². The molecule has 20 heavy (non-hydrogen) atoms. The third kappa shape index (κ3) is 2.89. The molecule has 0 aliphatic carbocycles. The first kappa shape index (κ1) is 13.9. The lowest BCUT2D eigenvalue weighted by molar-refractivity contribution is -0.383. The van der Waals surface area contributed by atoms with Gasteiger partial charge in [0.2, 0.25) is 16.4 Å². The first-order valence-electron chi connectivity index (χ1n) is 5.19. The number of nitrogens with zero attached hydrogens (tertiary/aromatic N) is 3. The Balaban J connectivity index is 2.21. The molecule has 0 fully saturated rings. The summed E-state index contributed by atoms with van der Waals surface area (Å²) in [7, 11) is -3.88. The van der Waals surface area contributed by atoms with Gasteiger partial charge in [-0.2, -0.15) is 4.98 Å². The third-order valence-electron chi connectivity index (χ3n) is 2.33. The van der Waals surface area contributed by atoms with Gasteiger partial charge >= 0.3 is 0 Å². The number of nitro groups is 1. The van der Waals surface area contributed by atoms with Crippen molar-refractivity contribution in [2.24, 2.45) is 0 Å². The zero-order chi connectivity index (χ0) is 14.8. The van der Waals surface area contributed by atoms with Gasteiger partial charge in [-0.3, -0.25) is 10.1 Å². The lowest BCUT2D eigenvalue weighted by Crippen LogP contribution is -2.24. The molecule has 0 atom stereocenters. The van der Waals surface area contributed by atoms with Gasteiger partial charge in [-0.1, -0.05) is 5.16 Å². The molecule has 0 saturated heterocycles. The number of nitrogens with one attached hydrogen (secondary N) is 1. The van der Waals surface area contributed by atoms with Crippen molar-refractivity contribution < 1.29 is 17.9 Å². The average molecular weight is 299 g/mol. The first-order valence-corrected chi connectivity index (χ1v) is 6.67. The molecule has 1 aromatic carbocycles. The fraction of sp³-hybridized carbons (Fsp3) is 0.111. The summed E-state index contributed by atoms with van der Waals surface area (Å²) >= 11 is 0. The predicted octanol–water partition coefficient (Wildman–Crippen LogP) is 0.0385. The Bertz CT molecular complexity index is 727. The zero-order valence-corrected chi connectivity index (χ0v) is 10.7. The van der Waals surface area contributed by atoms with Crippen LogP contribution in [0.1, 0.15) is 5.82 Å². The molecular weight excluding hydrogens is 290 g/mol. The molecular formula is C9H9N5O5S. The highest BCUT2D eigenvalue weighted by Gasteiger charge is 2.19. The van der Waals surface area contributed by atoms with Crippen molar-refractivity contribution in [3.63, 3.8) is 0 Å². The van der Waals surface area contributed by atoms with Crippen LogP contribution in [0.3, 0.4) is 0 Å². The van der Waals surface area contributed by atoms with Gasteiger partial charge in [0.1, 0.15) is 5.69 Å². The number of anilines is 1. The van der Waals surface area contributed by atoms with Gasteiger partial charge in [0.25, 0.3) is 5.69 Å². The summed E-state index contributed by atoms with van der Waals surface area (Å²) in [6.45, 7) is -0.171. The maximum Gasteiger partial charge on any atom is 0.292 e. The molecule has 3 N–H and O–H groups in total. The smallest absolute Gasteiger partial charge is 0.292 e. The van der Waals surface area contributed by atoms with Crippen LogP contribution in [0.25, 0.3) is 0 Å². The van der Waals surface area contributed by atoms with Gasteiger partial charge in [-0.05, 0) is 12.1 Å². The standard InChI is InChI=1S/C9H9N5O5S/c10-7-3-6(1-2-8(7)14(15)16)20(17,18)12-4-9-11-5-19-13-9/h1-3,5,12H,4,10H2. The monoisotopic (exact) mass is 299 g/mol. The Labute approximate surface area is 112 Å². The number of benzene rings is 1. The molecule has 2 aromatic rings. The number of nitrogen functional groups attached to an aromatic ring is 1. The molecule has 10 nitrogen and oxygen atoms in total. The summed E-state index contributed by atoms with van der Waals surface area (Å²) < 4.78 is 30.5. The Morgan fingerprint density at radius 3 is 2.75 bits per heavy atom. The normalized spacial score (nSPS) is 11.4. The number of hydrogen-bond acceptors (Lipinski definition) is 8. The molecule has 2 rings (SSSR count). The second kappa shape index (κ2) is 5.22. The fourth-order valence-corrected chi connectivity index (χ4v) is 2.39. The van der Waals surface area contributed by atoms with E-state index in [1.54, 1.807) is 0 Å². The molecule has 0 amide bonds. The van der Waals surface area contributed by atoms with Crippen LogP contribution in [0, 0.1) is 10.1 Å². The first-order chi connectivity index (χ1) is 9.40. The fourth-order valence-electron chi connectivity index (χ4n) is 1.38. The minimum atomic E-state index is -3.88. The highest BCUT2D eigenvalue weighted by molar-refractivity contribution is 7.89. The molecule has 106 valence electrons. The molecule has 0 spiro atoms. The maximum atomic E-state index is 11.9. The van der Waals surface area contributed by atoms with Gasteiger partial charge in [-0.25, -0.2) is 13.1 Å². The second-order valence-electron chi connectivity index (χ2n) is 3.65. The molecule has 11 heteroatoms. The van der Waals surface area contributed by atoms with Crippen molar-refractivity contribution in [3.05, 3.63) is 40.5 Å². The Morgan fingerprint density at radius 1 is 1.45 bits per heavy atom. The maximum absolute atomic E-state index is 11.9. The Kier molecular flexibility index (Phi) is 3.63. The average Bonchev–Trinajstić information content (AvgIpc) is 2.89. The van der Waals surface area contributed by atoms with Crippen molar-refractivity contribution in [1.82, 2.24) is 14.9 Å². The third-order valence-corrected chi connectivity index (χ3v) is 3.73. The lowest BCUT2D eigenvalue weighted by Gasteiger charge is -2.05. The van der Waals surface area contributed by atoms with E-state index < -0.39 is 14.9 Å². The minimum absolute atomic E-state index is 0.156. The van der Waals surface area contributed by atoms with Gasteiger partial charge in [0.15, 0.2) is 5.82 Å². The van der Waals surface area contributed by atoms with Gasteiger partial charge in [-0.15, -0.1) is 0 Å². The molecule has 0 aliphatic rings. The van der Waals surface area contributed by atoms with E-state index in [1.165, 1.54) is 0 Å². The SMILES string of the molecule is Nc1cc(S(=O)(=O)NCc2ncon2)ccc1[N+](=O)[O-]. The molecule has 0 bridgehead atoms. The molecule has 1 heterocycles. The molecule has 0 saturated carbocycles. The number of hydrogen-bond donors (Lipinski definition) is 2. The molecule has 1 aromatic heterocycles. The summed E-state index contributed by atoms with van der Waals surface area (Å²) in [5, 5.41) is 14.0. The van der Waals surface area contributed by atoms with Crippen LogP contribution < -0.4 is 10.5 Å². The van der Waals surface area contributed by atoms with Crippen LogP contribution in [0.15, 0.2) is 34.0 Å². The summed E-state index contributed by atoms with van der Waals surface area (Å²) in [5.41, 5.74) is 4.84. The predicted molar refractivity (Wildman–Crippen MR) is 65.8 cm³/mol. The van der Waals surface area contributed by atoms with Crippen molar-refractivity contribution in [2.45, 2.75) is 11.4 Å². The summed E-state index contributed by atoms with van der Waals surface area (Å²) in [6.07, 6.45) is 1.06. The summed E-state index contributed by atoms with van der Waals surface area (Å²) in [6, 6.07) is 3.13. The van der Waals surface area contributed by atoms with Crippen LogP contribution >= 0.6 is 0 Å².